The minimum atomic E-state index is -0.0550. The second kappa shape index (κ2) is 7.65. The molecule has 1 unspecified atom stereocenters. The first kappa shape index (κ1) is 12.5. The SMILES string of the molecule is CCCOC(=O)CCCC1CNCCN1. The van der Waals surface area contributed by atoms with E-state index in [1.165, 1.54) is 0 Å². The Morgan fingerprint density at radius 3 is 3.00 bits per heavy atom. The lowest BCUT2D eigenvalue weighted by Crippen LogP contribution is -2.48. The lowest BCUT2D eigenvalue weighted by atomic mass is 10.1. The van der Waals surface area contributed by atoms with E-state index in [0.29, 0.717) is 19.1 Å². The number of piperazine rings is 1. The largest absolute Gasteiger partial charge is 0.466 e. The zero-order valence-electron chi connectivity index (χ0n) is 9.55. The first-order valence-electron chi connectivity index (χ1n) is 5.92. The van der Waals surface area contributed by atoms with E-state index < -0.39 is 0 Å². The topological polar surface area (TPSA) is 50.4 Å². The van der Waals surface area contributed by atoms with E-state index in [-0.39, 0.29) is 5.97 Å². The standard InChI is InChI=1S/C11H22N2O2/c1-2-8-15-11(14)5-3-4-10-9-12-6-7-13-10/h10,12-13H,2-9H2,1H3. The molecular weight excluding hydrogens is 192 g/mol. The number of esters is 1. The highest BCUT2D eigenvalue weighted by molar-refractivity contribution is 5.69. The van der Waals surface area contributed by atoms with Crippen LogP contribution in [0.15, 0.2) is 0 Å². The molecule has 4 heteroatoms. The average molecular weight is 214 g/mol. The van der Waals surface area contributed by atoms with Crippen LogP contribution in [0.2, 0.25) is 0 Å². The Balaban J connectivity index is 1.97. The van der Waals surface area contributed by atoms with E-state index in [2.05, 4.69) is 10.6 Å². The Bertz CT molecular complexity index is 179. The summed E-state index contributed by atoms with van der Waals surface area (Å²) in [6, 6.07) is 0.526. The van der Waals surface area contributed by atoms with E-state index in [0.717, 1.165) is 38.9 Å². The van der Waals surface area contributed by atoms with Gasteiger partial charge in [0.25, 0.3) is 0 Å². The fraction of sp³-hybridized carbons (Fsp3) is 0.909. The van der Waals surface area contributed by atoms with Crippen LogP contribution in [0.4, 0.5) is 0 Å². The van der Waals surface area contributed by atoms with Crippen LogP contribution in [0.5, 0.6) is 0 Å². The Morgan fingerprint density at radius 2 is 2.33 bits per heavy atom. The molecule has 0 spiro atoms. The van der Waals surface area contributed by atoms with Crippen LogP contribution in [0.3, 0.4) is 0 Å². The van der Waals surface area contributed by atoms with Crippen molar-refractivity contribution in [3.05, 3.63) is 0 Å². The molecule has 1 aliphatic rings. The monoisotopic (exact) mass is 214 g/mol. The maximum Gasteiger partial charge on any atom is 0.305 e. The van der Waals surface area contributed by atoms with Crippen molar-refractivity contribution >= 4 is 5.97 Å². The van der Waals surface area contributed by atoms with Gasteiger partial charge >= 0.3 is 5.97 Å². The van der Waals surface area contributed by atoms with Crippen molar-refractivity contribution in [2.45, 2.75) is 38.6 Å². The average Bonchev–Trinajstić information content (AvgIpc) is 2.28. The number of carbonyl (C=O) groups is 1. The summed E-state index contributed by atoms with van der Waals surface area (Å²) in [4.78, 5) is 11.2. The third kappa shape index (κ3) is 5.74. The summed E-state index contributed by atoms with van der Waals surface area (Å²) in [7, 11) is 0. The highest BCUT2D eigenvalue weighted by atomic mass is 16.5. The molecule has 1 fully saturated rings. The van der Waals surface area contributed by atoms with Crippen molar-refractivity contribution in [2.24, 2.45) is 0 Å². The molecule has 0 bridgehead atoms. The molecule has 1 heterocycles. The molecule has 0 amide bonds. The Hall–Kier alpha value is -0.610. The van der Waals surface area contributed by atoms with Crippen LogP contribution in [0.25, 0.3) is 0 Å². The zero-order valence-corrected chi connectivity index (χ0v) is 9.55. The second-order valence-electron chi connectivity index (χ2n) is 3.97. The predicted octanol–water partition coefficient (Wildman–Crippen LogP) is 0.671. The van der Waals surface area contributed by atoms with Gasteiger partial charge in [0.05, 0.1) is 6.61 Å². The van der Waals surface area contributed by atoms with Gasteiger partial charge in [0, 0.05) is 32.1 Å². The summed E-state index contributed by atoms with van der Waals surface area (Å²) in [5, 5.41) is 6.75. The van der Waals surface area contributed by atoms with E-state index >= 15 is 0 Å². The van der Waals surface area contributed by atoms with Gasteiger partial charge < -0.3 is 15.4 Å². The van der Waals surface area contributed by atoms with Gasteiger partial charge in [-0.2, -0.15) is 0 Å². The fourth-order valence-corrected chi connectivity index (χ4v) is 1.70. The molecule has 0 aromatic heterocycles. The minimum absolute atomic E-state index is 0.0550. The summed E-state index contributed by atoms with van der Waals surface area (Å²) in [6.07, 6.45) is 3.42. The van der Waals surface area contributed by atoms with Crippen molar-refractivity contribution in [3.63, 3.8) is 0 Å². The molecule has 1 rings (SSSR count). The van der Waals surface area contributed by atoms with Crippen LogP contribution >= 0.6 is 0 Å². The molecule has 0 radical (unpaired) electrons. The molecular formula is C11H22N2O2. The summed E-state index contributed by atoms with van der Waals surface area (Å²) in [5.41, 5.74) is 0. The van der Waals surface area contributed by atoms with Crippen LogP contribution in [-0.4, -0.2) is 38.3 Å². The summed E-state index contributed by atoms with van der Waals surface area (Å²) >= 11 is 0. The third-order valence-corrected chi connectivity index (χ3v) is 2.53. The predicted molar refractivity (Wildman–Crippen MR) is 59.8 cm³/mol. The van der Waals surface area contributed by atoms with Crippen LogP contribution < -0.4 is 10.6 Å². The van der Waals surface area contributed by atoms with E-state index in [1.54, 1.807) is 0 Å². The van der Waals surface area contributed by atoms with E-state index in [9.17, 15) is 4.79 Å². The van der Waals surface area contributed by atoms with Crippen molar-refractivity contribution in [3.8, 4) is 0 Å². The van der Waals surface area contributed by atoms with Gasteiger partial charge in [0.15, 0.2) is 0 Å². The maximum absolute atomic E-state index is 11.2. The maximum atomic E-state index is 11.2. The van der Waals surface area contributed by atoms with Crippen molar-refractivity contribution < 1.29 is 9.53 Å². The normalized spacial score (nSPS) is 21.3. The molecule has 4 nitrogen and oxygen atoms in total. The van der Waals surface area contributed by atoms with Crippen molar-refractivity contribution in [2.75, 3.05) is 26.2 Å². The van der Waals surface area contributed by atoms with Gasteiger partial charge in [0.1, 0.15) is 0 Å². The second-order valence-corrected chi connectivity index (χ2v) is 3.97. The molecule has 0 aromatic carbocycles. The molecule has 2 N–H and O–H groups in total. The molecule has 1 atom stereocenters. The van der Waals surface area contributed by atoms with Crippen molar-refractivity contribution in [1.29, 1.82) is 0 Å². The van der Waals surface area contributed by atoms with Crippen LogP contribution in [-0.2, 0) is 9.53 Å². The van der Waals surface area contributed by atoms with Gasteiger partial charge in [0.2, 0.25) is 0 Å². The number of nitrogens with one attached hydrogen (secondary N) is 2. The first-order chi connectivity index (χ1) is 7.33. The number of carbonyl (C=O) groups excluding carboxylic acids is 1. The molecule has 1 aliphatic heterocycles. The summed E-state index contributed by atoms with van der Waals surface area (Å²) < 4.78 is 5.01. The molecule has 0 saturated carbocycles. The highest BCUT2D eigenvalue weighted by Crippen LogP contribution is 2.03. The molecule has 1 saturated heterocycles. The summed E-state index contributed by atoms with van der Waals surface area (Å²) in [5.74, 6) is -0.0550. The van der Waals surface area contributed by atoms with Crippen LogP contribution in [0, 0.1) is 0 Å². The van der Waals surface area contributed by atoms with Gasteiger partial charge in [-0.05, 0) is 19.3 Å². The minimum Gasteiger partial charge on any atom is -0.466 e. The van der Waals surface area contributed by atoms with Gasteiger partial charge in [-0.25, -0.2) is 0 Å². The highest BCUT2D eigenvalue weighted by Gasteiger charge is 2.12. The lowest BCUT2D eigenvalue weighted by Gasteiger charge is -2.24. The van der Waals surface area contributed by atoms with Gasteiger partial charge in [-0.1, -0.05) is 6.92 Å². The number of hydrogen-bond donors (Lipinski definition) is 2. The number of rotatable bonds is 6. The van der Waals surface area contributed by atoms with Crippen molar-refractivity contribution in [1.82, 2.24) is 10.6 Å². The van der Waals surface area contributed by atoms with Crippen LogP contribution in [0.1, 0.15) is 32.6 Å². The molecule has 0 aromatic rings. The third-order valence-electron chi connectivity index (χ3n) is 2.53. The lowest BCUT2D eigenvalue weighted by molar-refractivity contribution is -0.143. The Kier molecular flexibility index (Phi) is 6.36. The number of ether oxygens (including phenoxy) is 1. The molecule has 15 heavy (non-hydrogen) atoms. The smallest absolute Gasteiger partial charge is 0.305 e. The van der Waals surface area contributed by atoms with Gasteiger partial charge in [-0.3, -0.25) is 4.79 Å². The quantitative estimate of drug-likeness (QED) is 0.638. The molecule has 88 valence electrons. The summed E-state index contributed by atoms with van der Waals surface area (Å²) in [6.45, 7) is 5.66. The molecule has 0 aliphatic carbocycles. The zero-order chi connectivity index (χ0) is 10.9. The fourth-order valence-electron chi connectivity index (χ4n) is 1.70. The van der Waals surface area contributed by atoms with E-state index in [1.807, 2.05) is 6.92 Å². The Morgan fingerprint density at radius 1 is 1.47 bits per heavy atom. The Labute approximate surface area is 91.8 Å². The van der Waals surface area contributed by atoms with E-state index in [4.69, 9.17) is 4.74 Å². The van der Waals surface area contributed by atoms with Gasteiger partial charge in [-0.15, -0.1) is 0 Å². The number of hydrogen-bond acceptors (Lipinski definition) is 4. The first-order valence-corrected chi connectivity index (χ1v) is 5.92.